The van der Waals surface area contributed by atoms with E-state index in [1.807, 2.05) is 0 Å². The maximum absolute atomic E-state index is 11.3. The summed E-state index contributed by atoms with van der Waals surface area (Å²) in [6, 6.07) is 6.79. The normalized spacial score (nSPS) is 12.5. The standard InChI is InChI=1S/C9H11ClN2O2S/c1-12(2)15(13,14)11-7-8-4-3-5-9(10)6-8/h3-7H,1-2H3/b11-7+. The predicted octanol–water partition coefficient (Wildman–Crippen LogP) is 1.57. The molecule has 0 aliphatic rings. The Morgan fingerprint density at radius 1 is 1.40 bits per heavy atom. The lowest BCUT2D eigenvalue weighted by atomic mass is 10.2. The van der Waals surface area contributed by atoms with Crippen LogP contribution in [0.4, 0.5) is 0 Å². The van der Waals surface area contributed by atoms with Gasteiger partial charge in [0.1, 0.15) is 0 Å². The maximum atomic E-state index is 11.3. The van der Waals surface area contributed by atoms with Gasteiger partial charge in [-0.05, 0) is 17.7 Å². The zero-order chi connectivity index (χ0) is 11.5. The molecule has 0 unspecified atom stereocenters. The van der Waals surface area contributed by atoms with Gasteiger partial charge < -0.3 is 0 Å². The Labute approximate surface area is 94.4 Å². The molecule has 1 rings (SSSR count). The number of hydrogen-bond donors (Lipinski definition) is 0. The highest BCUT2D eigenvalue weighted by molar-refractivity contribution is 7.87. The fourth-order valence-corrected chi connectivity index (χ4v) is 1.45. The molecule has 0 radical (unpaired) electrons. The van der Waals surface area contributed by atoms with Crippen LogP contribution in [0.25, 0.3) is 0 Å². The van der Waals surface area contributed by atoms with Gasteiger partial charge in [0.05, 0.1) is 0 Å². The molecule has 4 nitrogen and oxygen atoms in total. The van der Waals surface area contributed by atoms with Crippen molar-refractivity contribution in [3.8, 4) is 0 Å². The minimum atomic E-state index is -3.55. The largest absolute Gasteiger partial charge is 0.321 e. The maximum Gasteiger partial charge on any atom is 0.321 e. The average molecular weight is 247 g/mol. The van der Waals surface area contributed by atoms with E-state index in [2.05, 4.69) is 4.40 Å². The van der Waals surface area contributed by atoms with E-state index in [-0.39, 0.29) is 0 Å². The molecule has 1 aromatic rings. The van der Waals surface area contributed by atoms with Gasteiger partial charge >= 0.3 is 10.2 Å². The van der Waals surface area contributed by atoms with Gasteiger partial charge in [-0.1, -0.05) is 23.7 Å². The molecule has 0 atom stereocenters. The summed E-state index contributed by atoms with van der Waals surface area (Å²) in [5.41, 5.74) is 0.646. The van der Waals surface area contributed by atoms with Crippen LogP contribution in [0.5, 0.6) is 0 Å². The molecule has 6 heteroatoms. The number of benzene rings is 1. The van der Waals surface area contributed by atoms with Gasteiger partial charge in [0.2, 0.25) is 0 Å². The van der Waals surface area contributed by atoms with E-state index < -0.39 is 10.2 Å². The molecule has 0 saturated heterocycles. The highest BCUT2D eigenvalue weighted by Crippen LogP contribution is 2.09. The van der Waals surface area contributed by atoms with Crippen molar-refractivity contribution in [1.29, 1.82) is 0 Å². The third-order valence-electron chi connectivity index (χ3n) is 1.65. The molecule has 0 spiro atoms. The van der Waals surface area contributed by atoms with Crippen LogP contribution >= 0.6 is 11.6 Å². The Bertz CT molecular complexity index is 469. The predicted molar refractivity (Wildman–Crippen MR) is 61.7 cm³/mol. The lowest BCUT2D eigenvalue weighted by molar-refractivity contribution is 0.523. The molecule has 0 fully saturated rings. The summed E-state index contributed by atoms with van der Waals surface area (Å²) in [5, 5.41) is 0.543. The highest BCUT2D eigenvalue weighted by atomic mass is 35.5. The third kappa shape index (κ3) is 3.62. The van der Waals surface area contributed by atoms with Gasteiger partial charge in [0.15, 0.2) is 0 Å². The first-order valence-electron chi connectivity index (χ1n) is 4.15. The van der Waals surface area contributed by atoms with Crippen LogP contribution in [0, 0.1) is 0 Å². The zero-order valence-corrected chi connectivity index (χ0v) is 9.96. The Kier molecular flexibility index (Phi) is 3.84. The Balaban J connectivity index is 2.92. The smallest absolute Gasteiger partial charge is 0.189 e. The summed E-state index contributed by atoms with van der Waals surface area (Å²) in [7, 11) is -0.707. The minimum Gasteiger partial charge on any atom is -0.189 e. The summed E-state index contributed by atoms with van der Waals surface area (Å²) in [4.78, 5) is 0. The Morgan fingerprint density at radius 2 is 2.07 bits per heavy atom. The molecule has 0 aliphatic heterocycles. The van der Waals surface area contributed by atoms with E-state index >= 15 is 0 Å². The molecule has 0 amide bonds. The summed E-state index contributed by atoms with van der Waals surface area (Å²) in [5.74, 6) is 0. The lowest BCUT2D eigenvalue weighted by Gasteiger charge is -2.04. The summed E-state index contributed by atoms with van der Waals surface area (Å²) in [6.07, 6.45) is 1.27. The van der Waals surface area contributed by atoms with Crippen LogP contribution in [0.15, 0.2) is 28.7 Å². The van der Waals surface area contributed by atoms with E-state index in [0.717, 1.165) is 4.31 Å². The highest BCUT2D eigenvalue weighted by Gasteiger charge is 2.08. The van der Waals surface area contributed by atoms with Crippen molar-refractivity contribution in [1.82, 2.24) is 4.31 Å². The number of rotatable bonds is 3. The Morgan fingerprint density at radius 3 is 2.60 bits per heavy atom. The fraction of sp³-hybridized carbons (Fsp3) is 0.222. The van der Waals surface area contributed by atoms with Crippen LogP contribution in [0.2, 0.25) is 5.02 Å². The van der Waals surface area contributed by atoms with Crippen molar-refractivity contribution in [3.05, 3.63) is 34.9 Å². The monoisotopic (exact) mass is 246 g/mol. The molecule has 0 saturated carbocycles. The molecular formula is C9H11ClN2O2S. The van der Waals surface area contributed by atoms with E-state index in [1.54, 1.807) is 24.3 Å². The minimum absolute atomic E-state index is 0.543. The van der Waals surface area contributed by atoms with E-state index in [1.165, 1.54) is 20.3 Å². The number of nitrogens with zero attached hydrogens (tertiary/aromatic N) is 2. The van der Waals surface area contributed by atoms with Gasteiger partial charge in [-0.2, -0.15) is 17.1 Å². The Hall–Kier alpha value is -0.910. The quantitative estimate of drug-likeness (QED) is 0.760. The van der Waals surface area contributed by atoms with E-state index in [4.69, 9.17) is 11.6 Å². The van der Waals surface area contributed by atoms with Crippen molar-refractivity contribution in [2.45, 2.75) is 0 Å². The van der Waals surface area contributed by atoms with E-state index in [0.29, 0.717) is 10.6 Å². The van der Waals surface area contributed by atoms with Gasteiger partial charge in [-0.15, -0.1) is 0 Å². The van der Waals surface area contributed by atoms with Crippen molar-refractivity contribution in [2.75, 3.05) is 14.1 Å². The topological polar surface area (TPSA) is 49.7 Å². The van der Waals surface area contributed by atoms with Crippen LogP contribution in [-0.2, 0) is 10.2 Å². The third-order valence-corrected chi connectivity index (χ3v) is 3.17. The van der Waals surface area contributed by atoms with Crippen molar-refractivity contribution >= 4 is 28.0 Å². The SMILES string of the molecule is CN(C)S(=O)(=O)/N=C/c1cccc(Cl)c1. The molecule has 0 heterocycles. The second-order valence-electron chi connectivity index (χ2n) is 3.05. The van der Waals surface area contributed by atoms with Crippen molar-refractivity contribution < 1.29 is 8.42 Å². The lowest BCUT2D eigenvalue weighted by Crippen LogP contribution is -2.19. The van der Waals surface area contributed by atoms with Crippen LogP contribution in [0.1, 0.15) is 5.56 Å². The summed E-state index contributed by atoms with van der Waals surface area (Å²) in [6.45, 7) is 0. The molecular weight excluding hydrogens is 236 g/mol. The fourth-order valence-electron chi connectivity index (χ4n) is 0.809. The molecule has 82 valence electrons. The molecule has 0 bridgehead atoms. The van der Waals surface area contributed by atoms with Crippen molar-refractivity contribution in [3.63, 3.8) is 0 Å². The first-order valence-corrected chi connectivity index (χ1v) is 5.93. The molecule has 15 heavy (non-hydrogen) atoms. The first kappa shape index (κ1) is 12.2. The van der Waals surface area contributed by atoms with E-state index in [9.17, 15) is 8.42 Å². The van der Waals surface area contributed by atoms with Crippen LogP contribution in [0.3, 0.4) is 0 Å². The summed E-state index contributed by atoms with van der Waals surface area (Å²) >= 11 is 5.74. The second kappa shape index (κ2) is 4.74. The number of halogens is 1. The molecule has 0 aliphatic carbocycles. The molecule has 0 aromatic heterocycles. The van der Waals surface area contributed by atoms with Crippen LogP contribution in [-0.4, -0.2) is 33.0 Å². The van der Waals surface area contributed by atoms with Gasteiger partial charge in [-0.25, -0.2) is 0 Å². The van der Waals surface area contributed by atoms with Gasteiger partial charge in [0, 0.05) is 25.3 Å². The number of hydrogen-bond acceptors (Lipinski definition) is 2. The van der Waals surface area contributed by atoms with Crippen molar-refractivity contribution in [2.24, 2.45) is 4.40 Å². The second-order valence-corrected chi connectivity index (χ2v) is 5.32. The van der Waals surface area contributed by atoms with Crippen LogP contribution < -0.4 is 0 Å². The molecule has 0 N–H and O–H groups in total. The summed E-state index contributed by atoms with van der Waals surface area (Å²) < 4.78 is 27.1. The van der Waals surface area contributed by atoms with Gasteiger partial charge in [-0.3, -0.25) is 0 Å². The van der Waals surface area contributed by atoms with Gasteiger partial charge in [0.25, 0.3) is 0 Å². The molecule has 1 aromatic carbocycles. The first-order chi connectivity index (χ1) is 6.92. The average Bonchev–Trinajstić information content (AvgIpc) is 2.15. The zero-order valence-electron chi connectivity index (χ0n) is 8.38.